The van der Waals surface area contributed by atoms with E-state index in [1.165, 1.54) is 19.4 Å². The standard InChI is InChI=1S/C17H23NO6S/c1-5-11(2)15(17(21)23-3)18-14(19)10-24-16(20)12-8-6-7-9-13(12)25(4)22/h6-9,11,15H,5,10H2,1-4H3,(H,18,19)/t11-,15+,25-/m1/s1. The highest BCUT2D eigenvalue weighted by atomic mass is 32.2. The fourth-order valence-electron chi connectivity index (χ4n) is 2.11. The van der Waals surface area contributed by atoms with Gasteiger partial charge in [-0.15, -0.1) is 0 Å². The second-order valence-electron chi connectivity index (χ2n) is 5.48. The molecule has 1 N–H and O–H groups in total. The van der Waals surface area contributed by atoms with Gasteiger partial charge in [0.2, 0.25) is 0 Å². The summed E-state index contributed by atoms with van der Waals surface area (Å²) >= 11 is 0. The molecular formula is C17H23NO6S. The zero-order valence-electron chi connectivity index (χ0n) is 14.7. The van der Waals surface area contributed by atoms with Crippen LogP contribution in [-0.2, 0) is 29.9 Å². The number of carbonyl (C=O) groups is 3. The lowest BCUT2D eigenvalue weighted by atomic mass is 9.99. The highest BCUT2D eigenvalue weighted by molar-refractivity contribution is 7.84. The van der Waals surface area contributed by atoms with Crippen LogP contribution >= 0.6 is 0 Å². The molecule has 1 aromatic carbocycles. The van der Waals surface area contributed by atoms with E-state index in [0.717, 1.165) is 0 Å². The minimum atomic E-state index is -1.36. The minimum absolute atomic E-state index is 0.129. The van der Waals surface area contributed by atoms with Gasteiger partial charge >= 0.3 is 11.9 Å². The Kier molecular flexibility index (Phi) is 8.27. The van der Waals surface area contributed by atoms with Crippen molar-refractivity contribution in [1.82, 2.24) is 5.32 Å². The second-order valence-corrected chi connectivity index (χ2v) is 6.83. The van der Waals surface area contributed by atoms with Crippen LogP contribution in [0.25, 0.3) is 0 Å². The molecule has 0 aromatic heterocycles. The van der Waals surface area contributed by atoms with Crippen molar-refractivity contribution in [2.75, 3.05) is 20.0 Å². The highest BCUT2D eigenvalue weighted by Crippen LogP contribution is 2.14. The molecule has 0 radical (unpaired) electrons. The van der Waals surface area contributed by atoms with Gasteiger partial charge < -0.3 is 14.8 Å². The summed E-state index contributed by atoms with van der Waals surface area (Å²) in [5, 5.41) is 2.51. The van der Waals surface area contributed by atoms with E-state index in [0.29, 0.717) is 11.3 Å². The summed E-state index contributed by atoms with van der Waals surface area (Å²) < 4.78 is 21.3. The molecule has 0 aliphatic carbocycles. The fourth-order valence-corrected chi connectivity index (χ4v) is 2.84. The van der Waals surface area contributed by atoms with E-state index < -0.39 is 41.3 Å². The molecule has 0 unspecified atom stereocenters. The first-order valence-electron chi connectivity index (χ1n) is 7.78. The molecule has 0 aliphatic rings. The van der Waals surface area contributed by atoms with Crippen molar-refractivity contribution in [3.8, 4) is 0 Å². The number of rotatable bonds is 8. The molecular weight excluding hydrogens is 346 g/mol. The first-order chi connectivity index (χ1) is 11.8. The van der Waals surface area contributed by atoms with Crippen LogP contribution in [0.15, 0.2) is 29.2 Å². The van der Waals surface area contributed by atoms with Crippen LogP contribution in [0, 0.1) is 5.92 Å². The molecule has 0 spiro atoms. The van der Waals surface area contributed by atoms with Crippen molar-refractivity contribution in [2.45, 2.75) is 31.2 Å². The predicted molar refractivity (Wildman–Crippen MR) is 92.5 cm³/mol. The van der Waals surface area contributed by atoms with Crippen molar-refractivity contribution >= 4 is 28.6 Å². The number of amides is 1. The summed E-state index contributed by atoms with van der Waals surface area (Å²) in [6.45, 7) is 3.14. The first-order valence-corrected chi connectivity index (χ1v) is 9.34. The van der Waals surface area contributed by atoms with Gasteiger partial charge in [-0.1, -0.05) is 32.4 Å². The molecule has 1 aromatic rings. The topological polar surface area (TPSA) is 98.8 Å². The monoisotopic (exact) mass is 369 g/mol. The fraction of sp³-hybridized carbons (Fsp3) is 0.471. The molecule has 0 saturated heterocycles. The van der Waals surface area contributed by atoms with Gasteiger partial charge in [-0.25, -0.2) is 9.59 Å². The maximum Gasteiger partial charge on any atom is 0.339 e. The summed E-state index contributed by atoms with van der Waals surface area (Å²) in [5.41, 5.74) is 0.141. The molecule has 0 bridgehead atoms. The van der Waals surface area contributed by atoms with Gasteiger partial charge in [0.25, 0.3) is 5.91 Å². The number of esters is 2. The van der Waals surface area contributed by atoms with E-state index in [1.54, 1.807) is 25.1 Å². The quantitative estimate of drug-likeness (QED) is 0.693. The summed E-state index contributed by atoms with van der Waals surface area (Å²) in [7, 11) is -0.120. The van der Waals surface area contributed by atoms with Crippen LogP contribution in [0.3, 0.4) is 0 Å². The van der Waals surface area contributed by atoms with Crippen LogP contribution in [0.1, 0.15) is 30.6 Å². The van der Waals surface area contributed by atoms with Crippen molar-refractivity contribution < 1.29 is 28.1 Å². The Morgan fingerprint density at radius 1 is 1.24 bits per heavy atom. The molecule has 0 fully saturated rings. The van der Waals surface area contributed by atoms with Crippen LogP contribution in [0.5, 0.6) is 0 Å². The van der Waals surface area contributed by atoms with E-state index in [2.05, 4.69) is 10.1 Å². The molecule has 1 rings (SSSR count). The Morgan fingerprint density at radius 3 is 2.44 bits per heavy atom. The number of benzene rings is 1. The van der Waals surface area contributed by atoms with E-state index in [1.807, 2.05) is 6.92 Å². The van der Waals surface area contributed by atoms with Crippen molar-refractivity contribution in [3.63, 3.8) is 0 Å². The predicted octanol–water partition coefficient (Wildman–Crippen LogP) is 1.28. The molecule has 0 aliphatic heterocycles. The van der Waals surface area contributed by atoms with Crippen LogP contribution in [0.2, 0.25) is 0 Å². The third kappa shape index (κ3) is 5.97. The first kappa shape index (κ1) is 20.8. The number of methoxy groups -OCH3 is 1. The van der Waals surface area contributed by atoms with Gasteiger partial charge in [0, 0.05) is 6.26 Å². The lowest BCUT2D eigenvalue weighted by Crippen LogP contribution is -2.47. The Hall–Kier alpha value is -2.22. The molecule has 8 heteroatoms. The van der Waals surface area contributed by atoms with Crippen molar-refractivity contribution in [3.05, 3.63) is 29.8 Å². The van der Waals surface area contributed by atoms with Gasteiger partial charge in [-0.2, -0.15) is 0 Å². The highest BCUT2D eigenvalue weighted by Gasteiger charge is 2.27. The Balaban J connectivity index is 2.71. The minimum Gasteiger partial charge on any atom is -0.467 e. The Bertz CT molecular complexity index is 660. The van der Waals surface area contributed by atoms with E-state index in [9.17, 15) is 18.6 Å². The average molecular weight is 369 g/mol. The Morgan fingerprint density at radius 2 is 1.88 bits per heavy atom. The van der Waals surface area contributed by atoms with Crippen LogP contribution in [-0.4, -0.2) is 48.1 Å². The number of nitrogens with one attached hydrogen (secondary N) is 1. The van der Waals surface area contributed by atoms with Crippen LogP contribution < -0.4 is 5.32 Å². The Labute approximate surface area is 149 Å². The molecule has 0 heterocycles. The number of hydrogen-bond acceptors (Lipinski definition) is 6. The molecule has 0 saturated carbocycles. The maximum absolute atomic E-state index is 12.1. The van der Waals surface area contributed by atoms with E-state index >= 15 is 0 Å². The number of carbonyl (C=O) groups excluding carboxylic acids is 3. The zero-order valence-corrected chi connectivity index (χ0v) is 15.6. The second kappa shape index (κ2) is 9.93. The lowest BCUT2D eigenvalue weighted by Gasteiger charge is -2.21. The molecule has 1 amide bonds. The average Bonchev–Trinajstić information content (AvgIpc) is 2.62. The molecule has 138 valence electrons. The van der Waals surface area contributed by atoms with Crippen LogP contribution in [0.4, 0.5) is 0 Å². The summed E-state index contributed by atoms with van der Waals surface area (Å²) in [4.78, 5) is 36.2. The van der Waals surface area contributed by atoms with Gasteiger partial charge in [0.15, 0.2) is 6.61 Å². The maximum atomic E-state index is 12.1. The van der Waals surface area contributed by atoms with Gasteiger partial charge in [-0.3, -0.25) is 9.00 Å². The third-order valence-electron chi connectivity index (χ3n) is 3.74. The van der Waals surface area contributed by atoms with Gasteiger partial charge in [-0.05, 0) is 18.1 Å². The smallest absolute Gasteiger partial charge is 0.339 e. The zero-order chi connectivity index (χ0) is 19.0. The third-order valence-corrected chi connectivity index (χ3v) is 4.71. The van der Waals surface area contributed by atoms with Gasteiger partial charge in [0.05, 0.1) is 28.4 Å². The lowest BCUT2D eigenvalue weighted by molar-refractivity contribution is -0.147. The molecule has 7 nitrogen and oxygen atoms in total. The summed E-state index contributed by atoms with van der Waals surface area (Å²) in [5.74, 6) is -2.05. The summed E-state index contributed by atoms with van der Waals surface area (Å²) in [6.07, 6.45) is 2.11. The summed E-state index contributed by atoms with van der Waals surface area (Å²) in [6, 6.07) is 5.50. The normalized spacial score (nSPS) is 14.1. The van der Waals surface area contributed by atoms with Crippen molar-refractivity contribution in [2.24, 2.45) is 5.92 Å². The van der Waals surface area contributed by atoms with E-state index in [4.69, 9.17) is 4.74 Å². The number of hydrogen-bond donors (Lipinski definition) is 1. The SMILES string of the molecule is CC[C@@H](C)[C@H](NC(=O)COC(=O)c1ccccc1[S@@](C)=O)C(=O)OC. The molecule has 25 heavy (non-hydrogen) atoms. The molecule has 3 atom stereocenters. The van der Waals surface area contributed by atoms with Gasteiger partial charge in [0.1, 0.15) is 6.04 Å². The number of ether oxygens (including phenoxy) is 2. The van der Waals surface area contributed by atoms with Crippen molar-refractivity contribution in [1.29, 1.82) is 0 Å². The largest absolute Gasteiger partial charge is 0.467 e. The van der Waals surface area contributed by atoms with E-state index in [-0.39, 0.29) is 11.5 Å².